The van der Waals surface area contributed by atoms with Crippen LogP contribution in [0.3, 0.4) is 0 Å². The Kier molecular flexibility index (Phi) is 5.38. The molecule has 0 radical (unpaired) electrons. The number of hydrogen-bond donors (Lipinski definition) is 0. The zero-order valence-electron chi connectivity index (χ0n) is 13.8. The summed E-state index contributed by atoms with van der Waals surface area (Å²) >= 11 is 3.33. The number of fused-ring (bicyclic) bond motifs is 1. The van der Waals surface area contributed by atoms with Gasteiger partial charge in [-0.25, -0.2) is 4.79 Å². The molecule has 0 saturated carbocycles. The minimum Gasteiger partial charge on any atom is -0.482 e. The molecule has 5 nitrogen and oxygen atoms in total. The van der Waals surface area contributed by atoms with E-state index in [4.69, 9.17) is 9.47 Å². The Balaban J connectivity index is 1.51. The van der Waals surface area contributed by atoms with E-state index < -0.39 is 5.97 Å². The summed E-state index contributed by atoms with van der Waals surface area (Å²) < 4.78 is 11.3. The first-order valence-corrected chi connectivity index (χ1v) is 8.78. The summed E-state index contributed by atoms with van der Waals surface area (Å²) in [6.45, 7) is 1.45. The first-order chi connectivity index (χ1) is 12.0. The maximum absolute atomic E-state index is 12.4. The number of carbonyl (C=O) groups is 2. The summed E-state index contributed by atoms with van der Waals surface area (Å²) in [4.78, 5) is 26.0. The number of carbonyl (C=O) groups excluding carboxylic acids is 2. The molecule has 0 saturated heterocycles. The fourth-order valence-corrected chi connectivity index (χ4v) is 3.28. The van der Waals surface area contributed by atoms with Gasteiger partial charge in [0.2, 0.25) is 0 Å². The van der Waals surface area contributed by atoms with Gasteiger partial charge in [0, 0.05) is 16.2 Å². The van der Waals surface area contributed by atoms with Crippen molar-refractivity contribution in [2.75, 3.05) is 18.1 Å². The standard InChI is InChI=1S/C19H18BrNO4/c1-13-9-14-5-2-3-8-17(14)21(13)18(22)11-25-19(23)12-24-16-7-4-6-15(20)10-16/h2-8,10,13H,9,11-12H2,1H3/t13-/m0/s1. The number of esters is 1. The largest absolute Gasteiger partial charge is 0.482 e. The Hall–Kier alpha value is -2.34. The third-order valence-electron chi connectivity index (χ3n) is 3.99. The van der Waals surface area contributed by atoms with Crippen LogP contribution in [0.1, 0.15) is 12.5 Å². The summed E-state index contributed by atoms with van der Waals surface area (Å²) in [5.41, 5.74) is 2.02. The van der Waals surface area contributed by atoms with Crippen LogP contribution in [0.2, 0.25) is 0 Å². The first kappa shape index (κ1) is 17.5. The fourth-order valence-electron chi connectivity index (χ4n) is 2.90. The molecule has 0 fully saturated rings. The zero-order valence-corrected chi connectivity index (χ0v) is 15.4. The number of benzene rings is 2. The van der Waals surface area contributed by atoms with E-state index in [1.165, 1.54) is 0 Å². The molecule has 0 aromatic heterocycles. The van der Waals surface area contributed by atoms with E-state index >= 15 is 0 Å². The molecule has 0 unspecified atom stereocenters. The molecule has 1 aliphatic rings. The van der Waals surface area contributed by atoms with Crippen molar-refractivity contribution < 1.29 is 19.1 Å². The van der Waals surface area contributed by atoms with Crippen molar-refractivity contribution in [3.8, 4) is 5.75 Å². The highest BCUT2D eigenvalue weighted by molar-refractivity contribution is 9.10. The van der Waals surface area contributed by atoms with Gasteiger partial charge in [-0.3, -0.25) is 4.79 Å². The summed E-state index contributed by atoms with van der Waals surface area (Å²) in [5, 5.41) is 0. The lowest BCUT2D eigenvalue weighted by atomic mass is 10.1. The highest BCUT2D eigenvalue weighted by Gasteiger charge is 2.30. The monoisotopic (exact) mass is 403 g/mol. The molecular weight excluding hydrogens is 386 g/mol. The fraction of sp³-hybridized carbons (Fsp3) is 0.263. The molecule has 2 aromatic rings. The number of para-hydroxylation sites is 1. The van der Waals surface area contributed by atoms with Gasteiger partial charge in [0.25, 0.3) is 5.91 Å². The Morgan fingerprint density at radius 2 is 1.96 bits per heavy atom. The second kappa shape index (κ2) is 7.70. The van der Waals surface area contributed by atoms with Crippen molar-refractivity contribution >= 4 is 33.5 Å². The predicted molar refractivity (Wildman–Crippen MR) is 97.7 cm³/mol. The number of rotatable bonds is 5. The van der Waals surface area contributed by atoms with E-state index in [2.05, 4.69) is 15.9 Å². The van der Waals surface area contributed by atoms with Crippen LogP contribution in [0.4, 0.5) is 5.69 Å². The van der Waals surface area contributed by atoms with Gasteiger partial charge in [-0.1, -0.05) is 40.2 Å². The molecule has 1 aliphatic heterocycles. The molecule has 6 heteroatoms. The number of amides is 1. The summed E-state index contributed by atoms with van der Waals surface area (Å²) in [6.07, 6.45) is 0.807. The minimum absolute atomic E-state index is 0.0570. The van der Waals surface area contributed by atoms with E-state index in [-0.39, 0.29) is 25.2 Å². The minimum atomic E-state index is -0.575. The topological polar surface area (TPSA) is 55.8 Å². The van der Waals surface area contributed by atoms with E-state index in [0.717, 1.165) is 22.1 Å². The molecule has 0 bridgehead atoms. The average Bonchev–Trinajstić information content (AvgIpc) is 2.93. The normalized spacial score (nSPS) is 15.6. The SMILES string of the molecule is C[C@H]1Cc2ccccc2N1C(=O)COC(=O)COc1cccc(Br)c1. The second-order valence-corrected chi connectivity index (χ2v) is 6.77. The average molecular weight is 404 g/mol. The van der Waals surface area contributed by atoms with Crippen LogP contribution in [0, 0.1) is 0 Å². The molecule has 2 aromatic carbocycles. The van der Waals surface area contributed by atoms with Gasteiger partial charge >= 0.3 is 5.97 Å². The van der Waals surface area contributed by atoms with Gasteiger partial charge in [0.1, 0.15) is 5.75 Å². The third kappa shape index (κ3) is 4.20. The zero-order chi connectivity index (χ0) is 17.8. The molecule has 130 valence electrons. The van der Waals surface area contributed by atoms with Gasteiger partial charge in [0.05, 0.1) is 0 Å². The van der Waals surface area contributed by atoms with Crippen molar-refractivity contribution in [1.29, 1.82) is 0 Å². The lowest BCUT2D eigenvalue weighted by Gasteiger charge is -2.22. The number of anilines is 1. The predicted octanol–water partition coefficient (Wildman–Crippen LogP) is 3.35. The highest BCUT2D eigenvalue weighted by Crippen LogP contribution is 2.31. The summed E-state index contributed by atoms with van der Waals surface area (Å²) in [6, 6.07) is 15.0. The molecule has 1 heterocycles. The second-order valence-electron chi connectivity index (χ2n) is 5.85. The van der Waals surface area contributed by atoms with Gasteiger partial charge in [-0.2, -0.15) is 0 Å². The molecule has 0 N–H and O–H groups in total. The number of nitrogens with zero attached hydrogens (tertiary/aromatic N) is 1. The molecule has 25 heavy (non-hydrogen) atoms. The van der Waals surface area contributed by atoms with Crippen LogP contribution < -0.4 is 9.64 Å². The summed E-state index contributed by atoms with van der Waals surface area (Å²) in [5.74, 6) is -0.249. The van der Waals surface area contributed by atoms with Crippen LogP contribution in [-0.2, 0) is 20.7 Å². The molecule has 1 amide bonds. The molecule has 1 atom stereocenters. The van der Waals surface area contributed by atoms with Crippen LogP contribution in [-0.4, -0.2) is 31.1 Å². The molecular formula is C19H18BrNO4. The van der Waals surface area contributed by atoms with Crippen molar-refractivity contribution in [3.05, 3.63) is 58.6 Å². The molecule has 3 rings (SSSR count). The Bertz CT molecular complexity index is 792. The number of halogens is 1. The van der Waals surface area contributed by atoms with Gasteiger partial charge in [0.15, 0.2) is 13.2 Å². The Labute approximate surface area is 154 Å². The van der Waals surface area contributed by atoms with Crippen LogP contribution >= 0.6 is 15.9 Å². The van der Waals surface area contributed by atoms with Crippen LogP contribution in [0.15, 0.2) is 53.0 Å². The molecule has 0 aliphatic carbocycles. The van der Waals surface area contributed by atoms with E-state index in [0.29, 0.717) is 5.75 Å². The lowest BCUT2D eigenvalue weighted by Crippen LogP contribution is -2.39. The third-order valence-corrected chi connectivity index (χ3v) is 4.48. The maximum Gasteiger partial charge on any atom is 0.344 e. The Morgan fingerprint density at radius 1 is 1.16 bits per heavy atom. The first-order valence-electron chi connectivity index (χ1n) is 7.98. The molecule has 0 spiro atoms. The van der Waals surface area contributed by atoms with E-state index in [1.807, 2.05) is 37.3 Å². The quantitative estimate of drug-likeness (QED) is 0.718. The maximum atomic E-state index is 12.4. The van der Waals surface area contributed by atoms with Gasteiger partial charge < -0.3 is 14.4 Å². The highest BCUT2D eigenvalue weighted by atomic mass is 79.9. The van der Waals surface area contributed by atoms with E-state index in [1.54, 1.807) is 23.1 Å². The smallest absolute Gasteiger partial charge is 0.344 e. The van der Waals surface area contributed by atoms with Crippen molar-refractivity contribution in [3.63, 3.8) is 0 Å². The van der Waals surface area contributed by atoms with Gasteiger partial charge in [-0.05, 0) is 43.2 Å². The lowest BCUT2D eigenvalue weighted by molar-refractivity contribution is -0.149. The van der Waals surface area contributed by atoms with Crippen molar-refractivity contribution in [2.45, 2.75) is 19.4 Å². The van der Waals surface area contributed by atoms with E-state index in [9.17, 15) is 9.59 Å². The van der Waals surface area contributed by atoms with Gasteiger partial charge in [-0.15, -0.1) is 0 Å². The summed E-state index contributed by atoms with van der Waals surface area (Å²) in [7, 11) is 0. The van der Waals surface area contributed by atoms with Crippen molar-refractivity contribution in [1.82, 2.24) is 0 Å². The number of hydrogen-bond acceptors (Lipinski definition) is 4. The van der Waals surface area contributed by atoms with Crippen molar-refractivity contribution in [2.24, 2.45) is 0 Å². The van der Waals surface area contributed by atoms with Crippen LogP contribution in [0.25, 0.3) is 0 Å². The Morgan fingerprint density at radius 3 is 2.76 bits per heavy atom. The number of ether oxygens (including phenoxy) is 2. The van der Waals surface area contributed by atoms with Crippen LogP contribution in [0.5, 0.6) is 5.75 Å².